The van der Waals surface area contributed by atoms with Crippen molar-refractivity contribution in [3.63, 3.8) is 0 Å². The van der Waals surface area contributed by atoms with E-state index in [0.29, 0.717) is 30.8 Å². The molecule has 1 N–H and O–H groups in total. The van der Waals surface area contributed by atoms with Crippen LogP contribution in [-0.4, -0.2) is 53.3 Å². The summed E-state index contributed by atoms with van der Waals surface area (Å²) in [5, 5.41) is 2.95. The van der Waals surface area contributed by atoms with Crippen LogP contribution in [-0.2, 0) is 16.1 Å². The molecule has 0 spiro atoms. The highest BCUT2D eigenvalue weighted by atomic mass is 16.3. The molecule has 0 saturated carbocycles. The summed E-state index contributed by atoms with van der Waals surface area (Å²) in [5.41, 5.74) is 0. The Balaban J connectivity index is 1.33. The van der Waals surface area contributed by atoms with Gasteiger partial charge in [0.2, 0.25) is 11.8 Å². The van der Waals surface area contributed by atoms with Crippen LogP contribution in [0.5, 0.6) is 0 Å². The molecule has 160 valence electrons. The van der Waals surface area contributed by atoms with Crippen molar-refractivity contribution in [2.45, 2.75) is 77.4 Å². The minimum Gasteiger partial charge on any atom is -0.465 e. The molecule has 3 aliphatic rings. The van der Waals surface area contributed by atoms with Crippen molar-refractivity contribution in [3.05, 3.63) is 23.7 Å². The number of amides is 2. The number of piperidine rings is 3. The number of likely N-dealkylation sites (tertiary alicyclic amines) is 1. The number of carbonyl (C=O) groups excluding carboxylic acids is 2. The van der Waals surface area contributed by atoms with E-state index in [1.165, 1.54) is 38.8 Å². The molecule has 1 aromatic rings. The number of hydrogen-bond acceptors (Lipinski definition) is 4. The van der Waals surface area contributed by atoms with Gasteiger partial charge in [-0.25, -0.2) is 0 Å². The van der Waals surface area contributed by atoms with Gasteiger partial charge in [-0.1, -0.05) is 0 Å². The first-order valence-corrected chi connectivity index (χ1v) is 11.4. The Kier molecular flexibility index (Phi) is 6.28. The lowest BCUT2D eigenvalue weighted by atomic mass is 9.69. The van der Waals surface area contributed by atoms with E-state index in [2.05, 4.69) is 15.1 Å². The lowest BCUT2D eigenvalue weighted by Crippen LogP contribution is -2.65. The monoisotopic (exact) mass is 401 g/mol. The molecule has 0 unspecified atom stereocenters. The molecular formula is C23H35N3O3. The van der Waals surface area contributed by atoms with Crippen molar-refractivity contribution in [2.24, 2.45) is 11.8 Å². The molecule has 0 aromatic carbocycles. The van der Waals surface area contributed by atoms with Gasteiger partial charge in [-0.15, -0.1) is 0 Å². The van der Waals surface area contributed by atoms with Crippen LogP contribution in [0.25, 0.3) is 0 Å². The largest absolute Gasteiger partial charge is 0.465 e. The van der Waals surface area contributed by atoms with E-state index in [4.69, 9.17) is 4.42 Å². The number of hydrogen-bond donors (Lipinski definition) is 1. The molecular weight excluding hydrogens is 366 g/mol. The fourth-order valence-electron chi connectivity index (χ4n) is 6.05. The first-order valence-electron chi connectivity index (χ1n) is 11.4. The van der Waals surface area contributed by atoms with Gasteiger partial charge in [-0.05, 0) is 82.5 Å². The highest BCUT2D eigenvalue weighted by Gasteiger charge is 2.48. The van der Waals surface area contributed by atoms with Crippen molar-refractivity contribution in [3.8, 4) is 0 Å². The van der Waals surface area contributed by atoms with Gasteiger partial charge >= 0.3 is 0 Å². The fraction of sp³-hybridized carbons (Fsp3) is 0.739. The third-order valence-corrected chi connectivity index (χ3v) is 7.24. The third kappa shape index (κ3) is 4.52. The summed E-state index contributed by atoms with van der Waals surface area (Å²) in [6, 6.07) is 4.74. The topological polar surface area (TPSA) is 65.8 Å². The van der Waals surface area contributed by atoms with Crippen molar-refractivity contribution >= 4 is 11.8 Å². The highest BCUT2D eigenvalue weighted by molar-refractivity contribution is 5.76. The van der Waals surface area contributed by atoms with Crippen molar-refractivity contribution in [1.29, 1.82) is 0 Å². The summed E-state index contributed by atoms with van der Waals surface area (Å²) in [6.45, 7) is 7.41. The maximum Gasteiger partial charge on any atom is 0.220 e. The summed E-state index contributed by atoms with van der Waals surface area (Å²) in [4.78, 5) is 29.5. The molecule has 6 heteroatoms. The van der Waals surface area contributed by atoms with Gasteiger partial charge in [-0.3, -0.25) is 14.5 Å². The van der Waals surface area contributed by atoms with E-state index < -0.39 is 0 Å². The predicted molar refractivity (Wildman–Crippen MR) is 111 cm³/mol. The van der Waals surface area contributed by atoms with E-state index in [9.17, 15) is 9.59 Å². The van der Waals surface area contributed by atoms with Crippen LogP contribution < -0.4 is 5.32 Å². The summed E-state index contributed by atoms with van der Waals surface area (Å²) in [5.74, 6) is 3.11. The average Bonchev–Trinajstić information content (AvgIpc) is 3.13. The molecule has 0 aliphatic carbocycles. The normalized spacial score (nSPS) is 29.4. The van der Waals surface area contributed by atoms with Gasteiger partial charge < -0.3 is 14.6 Å². The maximum absolute atomic E-state index is 12.4. The lowest BCUT2D eigenvalue weighted by molar-refractivity contribution is -0.144. The molecule has 0 radical (unpaired) electrons. The SMILES string of the molecule is CC(=O)N1C[C@@H]2CCCN3CCC[C@@H]([C@H]23)[C@H]1CCCC(=O)NCc1ccc(C)o1. The summed E-state index contributed by atoms with van der Waals surface area (Å²) >= 11 is 0. The number of aryl methyl sites for hydroxylation is 1. The second kappa shape index (κ2) is 8.90. The molecule has 3 fully saturated rings. The molecule has 3 aliphatic heterocycles. The average molecular weight is 402 g/mol. The Morgan fingerprint density at radius 2 is 2.00 bits per heavy atom. The number of nitrogens with one attached hydrogen (secondary N) is 1. The minimum absolute atomic E-state index is 0.0602. The van der Waals surface area contributed by atoms with Gasteiger partial charge in [-0.2, -0.15) is 0 Å². The summed E-state index contributed by atoms with van der Waals surface area (Å²) in [7, 11) is 0. The van der Waals surface area contributed by atoms with E-state index in [1.54, 1.807) is 6.92 Å². The smallest absolute Gasteiger partial charge is 0.220 e. The Morgan fingerprint density at radius 3 is 2.72 bits per heavy atom. The Hall–Kier alpha value is -1.82. The summed E-state index contributed by atoms with van der Waals surface area (Å²) < 4.78 is 5.51. The second-order valence-corrected chi connectivity index (χ2v) is 9.15. The van der Waals surface area contributed by atoms with E-state index in [0.717, 1.165) is 30.9 Å². The van der Waals surface area contributed by atoms with E-state index >= 15 is 0 Å². The van der Waals surface area contributed by atoms with Gasteiger partial charge in [0.15, 0.2) is 0 Å². The van der Waals surface area contributed by atoms with Crippen molar-refractivity contribution in [1.82, 2.24) is 15.1 Å². The Labute approximate surface area is 174 Å². The van der Waals surface area contributed by atoms with E-state index in [-0.39, 0.29) is 17.9 Å². The first-order chi connectivity index (χ1) is 14.0. The van der Waals surface area contributed by atoms with Crippen LogP contribution in [0.1, 0.15) is 63.4 Å². The maximum atomic E-state index is 12.4. The molecule has 4 atom stereocenters. The third-order valence-electron chi connectivity index (χ3n) is 7.24. The van der Waals surface area contributed by atoms with Gasteiger partial charge in [0.1, 0.15) is 11.5 Å². The lowest BCUT2D eigenvalue weighted by Gasteiger charge is -2.57. The molecule has 2 amide bonds. The minimum atomic E-state index is 0.0602. The highest BCUT2D eigenvalue weighted by Crippen LogP contribution is 2.43. The zero-order valence-corrected chi connectivity index (χ0v) is 17.9. The van der Waals surface area contributed by atoms with Gasteiger partial charge in [0.25, 0.3) is 0 Å². The quantitative estimate of drug-likeness (QED) is 0.796. The fourth-order valence-corrected chi connectivity index (χ4v) is 6.05. The molecule has 1 aromatic heterocycles. The van der Waals surface area contributed by atoms with Crippen LogP contribution in [0, 0.1) is 18.8 Å². The number of nitrogens with zero attached hydrogens (tertiary/aromatic N) is 2. The van der Waals surface area contributed by atoms with Crippen LogP contribution in [0.15, 0.2) is 16.5 Å². The Morgan fingerprint density at radius 1 is 1.21 bits per heavy atom. The number of rotatable bonds is 6. The molecule has 4 heterocycles. The molecule has 29 heavy (non-hydrogen) atoms. The van der Waals surface area contributed by atoms with Gasteiger partial charge in [0.05, 0.1) is 6.54 Å². The molecule has 0 bridgehead atoms. The van der Waals surface area contributed by atoms with Gasteiger partial charge in [0, 0.05) is 32.0 Å². The number of furan rings is 1. The van der Waals surface area contributed by atoms with Crippen LogP contribution in [0.4, 0.5) is 0 Å². The van der Waals surface area contributed by atoms with E-state index in [1.807, 2.05) is 19.1 Å². The predicted octanol–water partition coefficient (Wildman–Crippen LogP) is 3.10. The Bertz CT molecular complexity index is 729. The van der Waals surface area contributed by atoms with Crippen LogP contribution >= 0.6 is 0 Å². The second-order valence-electron chi connectivity index (χ2n) is 9.15. The van der Waals surface area contributed by atoms with Crippen molar-refractivity contribution < 1.29 is 14.0 Å². The molecule has 6 nitrogen and oxygen atoms in total. The molecule has 3 saturated heterocycles. The first kappa shape index (κ1) is 20.5. The summed E-state index contributed by atoms with van der Waals surface area (Å²) in [6.07, 6.45) is 7.23. The van der Waals surface area contributed by atoms with Crippen LogP contribution in [0.2, 0.25) is 0 Å². The standard InChI is InChI=1S/C23H35N3O3/c1-16-10-11-19(29-16)14-24-22(28)9-3-8-21-20-7-5-13-25-12-4-6-18(23(20)25)15-26(21)17(2)27/h10-11,18,20-21,23H,3-9,12-15H2,1-2H3,(H,24,28)/t18-,20+,21+,23-/m0/s1. The zero-order valence-electron chi connectivity index (χ0n) is 17.9. The van der Waals surface area contributed by atoms with Crippen molar-refractivity contribution in [2.75, 3.05) is 19.6 Å². The van der Waals surface area contributed by atoms with Crippen LogP contribution in [0.3, 0.4) is 0 Å². The molecule has 4 rings (SSSR count). The number of carbonyl (C=O) groups is 2. The zero-order chi connectivity index (χ0) is 20.4.